The molecule has 1 N–H and O–H groups in total. The maximum Gasteiger partial charge on any atom is 0.170 e. The molecule has 1 aliphatic rings. The highest BCUT2D eigenvalue weighted by molar-refractivity contribution is 7.80. The first-order valence-electron chi connectivity index (χ1n) is 7.00. The SMILES string of the molecule is CNC(=S)N1CCC[C@@H]1c1cc(-c2cc(Cl)ccc2F)on1. The maximum absolute atomic E-state index is 13.9. The van der Waals surface area contributed by atoms with Crippen molar-refractivity contribution < 1.29 is 8.91 Å². The van der Waals surface area contributed by atoms with Crippen LogP contribution in [0.3, 0.4) is 0 Å². The molecule has 0 unspecified atom stereocenters. The third-order valence-electron chi connectivity index (χ3n) is 3.79. The summed E-state index contributed by atoms with van der Waals surface area (Å²) in [6.07, 6.45) is 1.96. The number of benzene rings is 1. The summed E-state index contributed by atoms with van der Waals surface area (Å²) >= 11 is 11.2. The van der Waals surface area contributed by atoms with Crippen LogP contribution >= 0.6 is 23.8 Å². The van der Waals surface area contributed by atoms with Crippen molar-refractivity contribution in [3.8, 4) is 11.3 Å². The van der Waals surface area contributed by atoms with E-state index in [9.17, 15) is 4.39 Å². The molecule has 0 spiro atoms. The summed E-state index contributed by atoms with van der Waals surface area (Å²) in [5, 5.41) is 8.22. The van der Waals surface area contributed by atoms with E-state index < -0.39 is 0 Å². The van der Waals surface area contributed by atoms with E-state index in [1.165, 1.54) is 18.2 Å². The van der Waals surface area contributed by atoms with Gasteiger partial charge in [-0.15, -0.1) is 0 Å². The molecule has 1 aliphatic heterocycles. The van der Waals surface area contributed by atoms with Gasteiger partial charge in [-0.25, -0.2) is 4.39 Å². The summed E-state index contributed by atoms with van der Waals surface area (Å²) in [6.45, 7) is 0.873. The van der Waals surface area contributed by atoms with Gasteiger partial charge >= 0.3 is 0 Å². The van der Waals surface area contributed by atoms with Crippen LogP contribution in [0.15, 0.2) is 28.8 Å². The normalized spacial score (nSPS) is 17.8. The zero-order valence-corrected chi connectivity index (χ0v) is 13.5. The fourth-order valence-corrected chi connectivity index (χ4v) is 3.11. The van der Waals surface area contributed by atoms with Gasteiger partial charge in [0.1, 0.15) is 11.5 Å². The first-order chi connectivity index (χ1) is 10.6. The molecule has 22 heavy (non-hydrogen) atoms. The molecule has 1 fully saturated rings. The van der Waals surface area contributed by atoms with Gasteiger partial charge in [-0.3, -0.25) is 0 Å². The van der Waals surface area contributed by atoms with Crippen molar-refractivity contribution in [2.75, 3.05) is 13.6 Å². The Morgan fingerprint density at radius 2 is 2.32 bits per heavy atom. The average molecular weight is 340 g/mol. The maximum atomic E-state index is 13.9. The largest absolute Gasteiger partial charge is 0.366 e. The van der Waals surface area contributed by atoms with Crippen LogP contribution in [0.4, 0.5) is 4.39 Å². The van der Waals surface area contributed by atoms with Crippen molar-refractivity contribution in [1.29, 1.82) is 0 Å². The molecule has 2 heterocycles. The number of nitrogens with zero attached hydrogens (tertiary/aromatic N) is 2. The lowest BCUT2D eigenvalue weighted by Crippen LogP contribution is -2.37. The molecule has 1 aromatic carbocycles. The summed E-state index contributed by atoms with van der Waals surface area (Å²) in [7, 11) is 1.80. The van der Waals surface area contributed by atoms with Gasteiger partial charge in [-0.1, -0.05) is 16.8 Å². The van der Waals surface area contributed by atoms with Gasteiger partial charge in [-0.2, -0.15) is 0 Å². The minimum Gasteiger partial charge on any atom is -0.366 e. The second-order valence-corrected chi connectivity index (χ2v) is 5.97. The highest BCUT2D eigenvalue weighted by Crippen LogP contribution is 2.34. The second kappa shape index (κ2) is 6.22. The molecule has 3 rings (SSSR count). The number of halogens is 2. The minimum absolute atomic E-state index is 0.0553. The molecule has 0 amide bonds. The van der Waals surface area contributed by atoms with Crippen LogP contribution in [-0.4, -0.2) is 28.8 Å². The summed E-state index contributed by atoms with van der Waals surface area (Å²) in [5.74, 6) is -0.0154. The zero-order chi connectivity index (χ0) is 15.7. The molecule has 0 radical (unpaired) electrons. The van der Waals surface area contributed by atoms with Crippen LogP contribution in [0, 0.1) is 5.82 Å². The highest BCUT2D eigenvalue weighted by Gasteiger charge is 2.30. The summed E-state index contributed by atoms with van der Waals surface area (Å²) < 4.78 is 19.2. The van der Waals surface area contributed by atoms with Crippen LogP contribution in [0.1, 0.15) is 24.6 Å². The quantitative estimate of drug-likeness (QED) is 0.843. The molecule has 2 aromatic rings. The average Bonchev–Trinajstić information content (AvgIpc) is 3.17. The van der Waals surface area contributed by atoms with E-state index in [1.807, 2.05) is 0 Å². The number of hydrogen-bond donors (Lipinski definition) is 1. The third-order valence-corrected chi connectivity index (χ3v) is 4.46. The van der Waals surface area contributed by atoms with Gasteiger partial charge in [0.15, 0.2) is 10.9 Å². The van der Waals surface area contributed by atoms with Crippen molar-refractivity contribution in [3.63, 3.8) is 0 Å². The first kappa shape index (κ1) is 15.2. The lowest BCUT2D eigenvalue weighted by atomic mass is 10.1. The molecule has 1 aromatic heterocycles. The number of aromatic nitrogens is 1. The minimum atomic E-state index is -0.388. The lowest BCUT2D eigenvalue weighted by Gasteiger charge is -2.24. The van der Waals surface area contributed by atoms with E-state index in [4.69, 9.17) is 28.3 Å². The standard InChI is InChI=1S/C15H15ClFN3OS/c1-18-15(22)20-6-2-3-13(20)12-8-14(21-19-12)10-7-9(16)4-5-11(10)17/h4-5,7-8,13H,2-3,6H2,1H3,(H,18,22)/t13-/m1/s1. The van der Waals surface area contributed by atoms with Gasteiger partial charge in [-0.05, 0) is 43.3 Å². The van der Waals surface area contributed by atoms with Gasteiger partial charge in [0.25, 0.3) is 0 Å². The van der Waals surface area contributed by atoms with E-state index in [0.29, 0.717) is 21.5 Å². The van der Waals surface area contributed by atoms with E-state index in [-0.39, 0.29) is 11.9 Å². The summed E-state index contributed by atoms with van der Waals surface area (Å²) in [6, 6.07) is 6.17. The fourth-order valence-electron chi connectivity index (χ4n) is 2.72. The Morgan fingerprint density at radius 3 is 3.09 bits per heavy atom. The Bertz CT molecular complexity index is 706. The fraction of sp³-hybridized carbons (Fsp3) is 0.333. The second-order valence-electron chi connectivity index (χ2n) is 5.15. The molecule has 1 atom stereocenters. The number of hydrogen-bond acceptors (Lipinski definition) is 3. The molecule has 4 nitrogen and oxygen atoms in total. The zero-order valence-electron chi connectivity index (χ0n) is 12.0. The molecule has 0 aliphatic carbocycles. The summed E-state index contributed by atoms with van der Waals surface area (Å²) in [4.78, 5) is 2.07. The van der Waals surface area contributed by atoms with E-state index in [0.717, 1.165) is 25.1 Å². The van der Waals surface area contributed by atoms with Crippen LogP contribution in [-0.2, 0) is 0 Å². The van der Waals surface area contributed by atoms with Crippen molar-refractivity contribution >= 4 is 28.9 Å². The van der Waals surface area contributed by atoms with Gasteiger partial charge in [0.2, 0.25) is 0 Å². The van der Waals surface area contributed by atoms with E-state index in [2.05, 4.69) is 15.4 Å². The molecule has 0 bridgehead atoms. The molecule has 1 saturated heterocycles. The van der Waals surface area contributed by atoms with Crippen molar-refractivity contribution in [2.45, 2.75) is 18.9 Å². The molecular formula is C15H15ClFN3OS. The van der Waals surface area contributed by atoms with Gasteiger partial charge in [0.05, 0.1) is 11.6 Å². The Morgan fingerprint density at radius 1 is 1.50 bits per heavy atom. The van der Waals surface area contributed by atoms with E-state index >= 15 is 0 Å². The van der Waals surface area contributed by atoms with Crippen molar-refractivity contribution in [1.82, 2.24) is 15.4 Å². The summed E-state index contributed by atoms with van der Waals surface area (Å²) in [5.41, 5.74) is 1.07. The molecular weight excluding hydrogens is 325 g/mol. The number of likely N-dealkylation sites (tertiary alicyclic amines) is 1. The van der Waals surface area contributed by atoms with Gasteiger partial charge in [0, 0.05) is 24.7 Å². The van der Waals surface area contributed by atoms with Crippen molar-refractivity contribution in [3.05, 3.63) is 40.8 Å². The van der Waals surface area contributed by atoms with Crippen LogP contribution in [0.5, 0.6) is 0 Å². The predicted octanol–water partition coefficient (Wildman–Crippen LogP) is 3.78. The monoisotopic (exact) mass is 339 g/mol. The first-order valence-corrected chi connectivity index (χ1v) is 7.79. The molecule has 0 saturated carbocycles. The van der Waals surface area contributed by atoms with Crippen LogP contribution in [0.25, 0.3) is 11.3 Å². The topological polar surface area (TPSA) is 41.3 Å². The van der Waals surface area contributed by atoms with Crippen molar-refractivity contribution in [2.24, 2.45) is 0 Å². The smallest absolute Gasteiger partial charge is 0.170 e. The van der Waals surface area contributed by atoms with Crippen LogP contribution < -0.4 is 5.32 Å². The molecule has 116 valence electrons. The number of rotatable bonds is 2. The Kier molecular flexibility index (Phi) is 4.31. The van der Waals surface area contributed by atoms with E-state index in [1.54, 1.807) is 13.1 Å². The Balaban J connectivity index is 1.90. The lowest BCUT2D eigenvalue weighted by molar-refractivity contribution is 0.356. The number of nitrogens with one attached hydrogen (secondary N) is 1. The van der Waals surface area contributed by atoms with Gasteiger partial charge < -0.3 is 14.7 Å². The third kappa shape index (κ3) is 2.80. The number of thiocarbonyl (C=S) groups is 1. The predicted molar refractivity (Wildman–Crippen MR) is 87.2 cm³/mol. The highest BCUT2D eigenvalue weighted by atomic mass is 35.5. The van der Waals surface area contributed by atoms with Crippen LogP contribution in [0.2, 0.25) is 5.02 Å². The Hall–Kier alpha value is -1.66. The Labute approximate surface area is 138 Å². The molecule has 7 heteroatoms.